The largest absolute Gasteiger partial charge is 0.392 e. The molecule has 1 nitrogen and oxygen atoms in total. The third kappa shape index (κ3) is 3.19. The maximum atomic E-state index is 13.2. The molecule has 0 heterocycles. The van der Waals surface area contributed by atoms with Gasteiger partial charge in [0, 0.05) is 6.42 Å². The number of rotatable bonds is 4. The van der Waals surface area contributed by atoms with E-state index in [1.54, 1.807) is 12.1 Å². The summed E-state index contributed by atoms with van der Waals surface area (Å²) in [5.41, 5.74) is 0.668. The van der Waals surface area contributed by atoms with Crippen molar-refractivity contribution in [2.75, 3.05) is 0 Å². The van der Waals surface area contributed by atoms with Crippen molar-refractivity contribution < 1.29 is 9.50 Å². The van der Waals surface area contributed by atoms with E-state index >= 15 is 0 Å². The lowest BCUT2D eigenvalue weighted by Gasteiger charge is -2.22. The van der Waals surface area contributed by atoms with Crippen molar-refractivity contribution in [3.63, 3.8) is 0 Å². The first-order chi connectivity index (χ1) is 7.43. The summed E-state index contributed by atoms with van der Waals surface area (Å²) in [6.07, 6.45) is -0.0880. The van der Waals surface area contributed by atoms with Crippen LogP contribution in [0.25, 0.3) is 0 Å². The second-order valence-electron chi connectivity index (χ2n) is 4.59. The third-order valence-electron chi connectivity index (χ3n) is 3.12. The van der Waals surface area contributed by atoms with Gasteiger partial charge in [0.15, 0.2) is 0 Å². The van der Waals surface area contributed by atoms with Gasteiger partial charge in [-0.2, -0.15) is 0 Å². The van der Waals surface area contributed by atoms with Crippen LogP contribution in [0.2, 0.25) is 5.02 Å². The molecule has 2 unspecified atom stereocenters. The molecule has 0 aromatic heterocycles. The van der Waals surface area contributed by atoms with Gasteiger partial charge in [0.25, 0.3) is 0 Å². The fourth-order valence-corrected chi connectivity index (χ4v) is 1.76. The minimum Gasteiger partial charge on any atom is -0.392 e. The van der Waals surface area contributed by atoms with E-state index in [0.29, 0.717) is 17.9 Å². The predicted octanol–water partition coefficient (Wildman–Crippen LogP) is 3.67. The van der Waals surface area contributed by atoms with Crippen LogP contribution in [0.15, 0.2) is 18.2 Å². The zero-order chi connectivity index (χ0) is 12.3. The van der Waals surface area contributed by atoms with Crippen molar-refractivity contribution >= 4 is 11.6 Å². The molecule has 0 aliphatic heterocycles. The van der Waals surface area contributed by atoms with Gasteiger partial charge in [-0.3, -0.25) is 0 Å². The van der Waals surface area contributed by atoms with Crippen molar-refractivity contribution in [1.82, 2.24) is 0 Å². The van der Waals surface area contributed by atoms with Crippen molar-refractivity contribution in [1.29, 1.82) is 0 Å². The highest BCUT2D eigenvalue weighted by Gasteiger charge is 2.19. The Bertz CT molecular complexity index is 352. The molecule has 2 atom stereocenters. The lowest BCUT2D eigenvalue weighted by atomic mass is 9.89. The van der Waals surface area contributed by atoms with Crippen LogP contribution in [0.3, 0.4) is 0 Å². The van der Waals surface area contributed by atoms with Gasteiger partial charge in [0.05, 0.1) is 11.1 Å². The Morgan fingerprint density at radius 3 is 2.50 bits per heavy atom. The Labute approximate surface area is 101 Å². The Balaban J connectivity index is 2.77. The normalized spacial score (nSPS) is 15.2. The highest BCUT2D eigenvalue weighted by atomic mass is 35.5. The van der Waals surface area contributed by atoms with Gasteiger partial charge in [0.2, 0.25) is 0 Å². The highest BCUT2D eigenvalue weighted by Crippen LogP contribution is 2.24. The Hall–Kier alpha value is -0.600. The SMILES string of the molecule is CC(C)C(C)C(O)Cc1cccc(F)c1Cl. The highest BCUT2D eigenvalue weighted by molar-refractivity contribution is 6.31. The molecule has 0 aliphatic rings. The molecule has 16 heavy (non-hydrogen) atoms. The Morgan fingerprint density at radius 2 is 1.94 bits per heavy atom. The zero-order valence-corrected chi connectivity index (χ0v) is 10.6. The number of aliphatic hydroxyl groups excluding tert-OH is 1. The molecule has 0 spiro atoms. The first kappa shape index (κ1) is 13.5. The van der Waals surface area contributed by atoms with Gasteiger partial charge in [-0.05, 0) is 23.5 Å². The number of halogens is 2. The maximum absolute atomic E-state index is 13.2. The van der Waals surface area contributed by atoms with E-state index in [1.165, 1.54) is 6.07 Å². The van der Waals surface area contributed by atoms with E-state index in [4.69, 9.17) is 11.6 Å². The molecule has 0 fully saturated rings. The van der Waals surface area contributed by atoms with E-state index in [-0.39, 0.29) is 10.9 Å². The summed E-state index contributed by atoms with van der Waals surface area (Å²) in [4.78, 5) is 0. The molecule has 0 saturated heterocycles. The van der Waals surface area contributed by atoms with Crippen LogP contribution in [-0.2, 0) is 6.42 Å². The summed E-state index contributed by atoms with van der Waals surface area (Å²) in [5.74, 6) is 0.130. The fraction of sp³-hybridized carbons (Fsp3) is 0.538. The summed E-state index contributed by atoms with van der Waals surface area (Å²) < 4.78 is 13.2. The van der Waals surface area contributed by atoms with Crippen LogP contribution in [0.1, 0.15) is 26.3 Å². The number of hydrogen-bond donors (Lipinski definition) is 1. The zero-order valence-electron chi connectivity index (χ0n) is 9.87. The molecule has 0 saturated carbocycles. The van der Waals surface area contributed by atoms with Crippen molar-refractivity contribution in [3.05, 3.63) is 34.6 Å². The summed E-state index contributed by atoms with van der Waals surface area (Å²) in [7, 11) is 0. The summed E-state index contributed by atoms with van der Waals surface area (Å²) in [5, 5.41) is 10.1. The van der Waals surface area contributed by atoms with Gasteiger partial charge in [0.1, 0.15) is 5.82 Å². The molecule has 3 heteroatoms. The Kier molecular flexibility index (Phi) is 4.75. The van der Waals surface area contributed by atoms with Crippen LogP contribution in [-0.4, -0.2) is 11.2 Å². The van der Waals surface area contributed by atoms with Crippen molar-refractivity contribution in [2.45, 2.75) is 33.3 Å². The molecular formula is C13H18ClFO. The number of benzene rings is 1. The summed E-state index contributed by atoms with van der Waals surface area (Å²) in [6.45, 7) is 6.10. The van der Waals surface area contributed by atoms with Gasteiger partial charge >= 0.3 is 0 Å². The topological polar surface area (TPSA) is 20.2 Å². The molecule has 0 radical (unpaired) electrons. The van der Waals surface area contributed by atoms with Gasteiger partial charge in [-0.25, -0.2) is 4.39 Å². The lowest BCUT2D eigenvalue weighted by molar-refractivity contribution is 0.0921. The molecule has 0 amide bonds. The Morgan fingerprint density at radius 1 is 1.31 bits per heavy atom. The van der Waals surface area contributed by atoms with E-state index in [1.807, 2.05) is 6.92 Å². The van der Waals surface area contributed by atoms with Crippen molar-refractivity contribution in [2.24, 2.45) is 11.8 Å². The molecule has 0 bridgehead atoms. The fourth-order valence-electron chi connectivity index (χ4n) is 1.56. The smallest absolute Gasteiger partial charge is 0.142 e. The standard InChI is InChI=1S/C13H18ClFO/c1-8(2)9(3)12(16)7-10-5-4-6-11(15)13(10)14/h4-6,8-9,12,16H,7H2,1-3H3. The molecule has 1 aromatic carbocycles. The average molecular weight is 245 g/mol. The van der Waals surface area contributed by atoms with E-state index in [0.717, 1.165) is 0 Å². The number of hydrogen-bond acceptors (Lipinski definition) is 1. The first-order valence-corrected chi connectivity index (χ1v) is 5.92. The summed E-state index contributed by atoms with van der Waals surface area (Å²) in [6, 6.07) is 4.69. The van der Waals surface area contributed by atoms with Crippen LogP contribution in [0.5, 0.6) is 0 Å². The lowest BCUT2D eigenvalue weighted by Crippen LogP contribution is -2.24. The quantitative estimate of drug-likeness (QED) is 0.857. The van der Waals surface area contributed by atoms with E-state index < -0.39 is 11.9 Å². The van der Waals surface area contributed by atoms with E-state index in [9.17, 15) is 9.50 Å². The van der Waals surface area contributed by atoms with Crippen LogP contribution in [0, 0.1) is 17.7 Å². The van der Waals surface area contributed by atoms with Crippen LogP contribution >= 0.6 is 11.6 Å². The second kappa shape index (κ2) is 5.65. The number of aliphatic hydroxyl groups is 1. The summed E-state index contributed by atoms with van der Waals surface area (Å²) >= 11 is 5.84. The van der Waals surface area contributed by atoms with Crippen molar-refractivity contribution in [3.8, 4) is 0 Å². The molecular weight excluding hydrogens is 227 g/mol. The van der Waals surface area contributed by atoms with Gasteiger partial charge < -0.3 is 5.11 Å². The minimum atomic E-state index is -0.487. The molecule has 0 aliphatic carbocycles. The third-order valence-corrected chi connectivity index (χ3v) is 3.54. The van der Waals surface area contributed by atoms with Crippen LogP contribution < -0.4 is 0 Å². The van der Waals surface area contributed by atoms with E-state index in [2.05, 4.69) is 13.8 Å². The molecule has 1 aromatic rings. The molecule has 90 valence electrons. The molecule has 1 N–H and O–H groups in total. The average Bonchev–Trinajstić information content (AvgIpc) is 2.23. The maximum Gasteiger partial charge on any atom is 0.142 e. The van der Waals surface area contributed by atoms with Gasteiger partial charge in [-0.15, -0.1) is 0 Å². The monoisotopic (exact) mass is 244 g/mol. The predicted molar refractivity (Wildman–Crippen MR) is 65.1 cm³/mol. The van der Waals surface area contributed by atoms with Crippen LogP contribution in [0.4, 0.5) is 4.39 Å². The van der Waals surface area contributed by atoms with Gasteiger partial charge in [-0.1, -0.05) is 44.5 Å². The second-order valence-corrected chi connectivity index (χ2v) is 4.97. The minimum absolute atomic E-state index is 0.123. The molecule has 1 rings (SSSR count). The first-order valence-electron chi connectivity index (χ1n) is 5.54.